The van der Waals surface area contributed by atoms with Gasteiger partial charge in [0, 0.05) is 39.1 Å². The van der Waals surface area contributed by atoms with Gasteiger partial charge in [0.1, 0.15) is 0 Å². The molecule has 21 heavy (non-hydrogen) atoms. The third-order valence-electron chi connectivity index (χ3n) is 3.06. The smallest absolute Gasteiger partial charge is 0.385 e. The van der Waals surface area contributed by atoms with Gasteiger partial charge in [-0.15, -0.1) is 12.4 Å². The van der Waals surface area contributed by atoms with Crippen LogP contribution < -0.4 is 11.1 Å². The number of hydrogen-bond donors (Lipinski definition) is 2. The molecule has 0 aliphatic rings. The van der Waals surface area contributed by atoms with Gasteiger partial charge >= 0.3 is 8.80 Å². The van der Waals surface area contributed by atoms with E-state index in [0.717, 1.165) is 31.1 Å². The average molecular weight is 335 g/mol. The minimum Gasteiger partial charge on any atom is -0.385 e. The molecule has 0 aliphatic heterocycles. The van der Waals surface area contributed by atoms with E-state index in [1.165, 1.54) is 0 Å². The van der Waals surface area contributed by atoms with Gasteiger partial charge in [-0.3, -0.25) is 0 Å². The summed E-state index contributed by atoms with van der Waals surface area (Å²) in [4.78, 5) is 0. The van der Waals surface area contributed by atoms with Crippen LogP contribution in [-0.4, -0.2) is 42.7 Å². The van der Waals surface area contributed by atoms with Gasteiger partial charge in [0.15, 0.2) is 0 Å². The average Bonchev–Trinajstić information content (AvgIpc) is 2.51. The van der Waals surface area contributed by atoms with E-state index in [-0.39, 0.29) is 12.4 Å². The van der Waals surface area contributed by atoms with Crippen molar-refractivity contribution in [2.24, 2.45) is 5.73 Å². The molecule has 0 saturated carbocycles. The quantitative estimate of drug-likeness (QED) is 0.481. The molecule has 0 heterocycles. The summed E-state index contributed by atoms with van der Waals surface area (Å²) in [5, 5.41) is 3.34. The summed E-state index contributed by atoms with van der Waals surface area (Å²) in [7, 11) is 0.793. The normalized spacial score (nSPS) is 11.0. The van der Waals surface area contributed by atoms with E-state index in [2.05, 4.69) is 5.32 Å². The number of anilines is 1. The number of benzene rings is 1. The number of nitrogens with two attached hydrogens (primary N) is 1. The molecule has 3 N–H and O–H groups in total. The van der Waals surface area contributed by atoms with Crippen LogP contribution in [0, 0.1) is 0 Å². The molecule has 0 atom stereocenters. The van der Waals surface area contributed by atoms with E-state index >= 15 is 0 Å². The molecule has 0 saturated heterocycles. The van der Waals surface area contributed by atoms with Gasteiger partial charge in [0.2, 0.25) is 0 Å². The second kappa shape index (κ2) is 12.0. The summed E-state index contributed by atoms with van der Waals surface area (Å²) in [6, 6.07) is 10.9. The number of hydrogen-bond acceptors (Lipinski definition) is 5. The molecule has 0 amide bonds. The first-order valence-electron chi connectivity index (χ1n) is 6.99. The van der Waals surface area contributed by atoms with E-state index in [1.807, 2.05) is 30.3 Å². The molecule has 0 radical (unpaired) electrons. The van der Waals surface area contributed by atoms with Gasteiger partial charge in [0.05, 0.1) is 0 Å². The van der Waals surface area contributed by atoms with Gasteiger partial charge in [-0.25, -0.2) is 0 Å². The van der Waals surface area contributed by atoms with Crippen LogP contribution in [0.5, 0.6) is 0 Å². The summed E-state index contributed by atoms with van der Waals surface area (Å²) in [6.45, 7) is 2.11. The lowest BCUT2D eigenvalue weighted by Crippen LogP contribution is -2.44. The zero-order valence-corrected chi connectivity index (χ0v) is 14.7. The van der Waals surface area contributed by atoms with Crippen LogP contribution in [0.15, 0.2) is 30.3 Å². The third kappa shape index (κ3) is 7.80. The number of nitrogens with one attached hydrogen (secondary N) is 1. The molecule has 122 valence electrons. The fourth-order valence-electron chi connectivity index (χ4n) is 1.88. The van der Waals surface area contributed by atoms with Crippen LogP contribution in [-0.2, 0) is 13.3 Å². The molecule has 1 rings (SSSR count). The minimum absolute atomic E-state index is 0. The molecule has 1 aromatic carbocycles. The topological polar surface area (TPSA) is 65.7 Å². The standard InChI is InChI=1S/C14H26N2O3Si.ClH/c1-17-20(18-2,13-6-10-15)19-12-7-11-16-14-8-4-3-5-9-14;/h3-5,8-9,16H,6-7,10-13,15H2,1-2H3;1H. The Labute approximate surface area is 134 Å². The fraction of sp³-hybridized carbons (Fsp3) is 0.571. The summed E-state index contributed by atoms with van der Waals surface area (Å²) < 4.78 is 16.8. The Hall–Kier alpha value is -0.633. The summed E-state index contributed by atoms with van der Waals surface area (Å²) in [6.07, 6.45) is 1.76. The Kier molecular flexibility index (Phi) is 11.6. The molecule has 7 heteroatoms. The van der Waals surface area contributed by atoms with E-state index in [1.54, 1.807) is 14.2 Å². The lowest BCUT2D eigenvalue weighted by atomic mass is 10.3. The van der Waals surface area contributed by atoms with E-state index in [4.69, 9.17) is 19.0 Å². The van der Waals surface area contributed by atoms with Crippen molar-refractivity contribution in [1.29, 1.82) is 0 Å². The van der Waals surface area contributed by atoms with Crippen molar-refractivity contribution in [3.8, 4) is 0 Å². The van der Waals surface area contributed by atoms with Crippen LogP contribution >= 0.6 is 12.4 Å². The Morgan fingerprint density at radius 3 is 2.33 bits per heavy atom. The van der Waals surface area contributed by atoms with Crippen LogP contribution in [0.3, 0.4) is 0 Å². The number of para-hydroxylation sites is 1. The van der Waals surface area contributed by atoms with Crippen molar-refractivity contribution in [3.05, 3.63) is 30.3 Å². The summed E-state index contributed by atoms with van der Waals surface area (Å²) in [5.41, 5.74) is 6.65. The molecule has 0 spiro atoms. The Bertz CT molecular complexity index is 353. The highest BCUT2D eigenvalue weighted by Gasteiger charge is 2.37. The highest BCUT2D eigenvalue weighted by Crippen LogP contribution is 2.16. The van der Waals surface area contributed by atoms with Crippen molar-refractivity contribution in [2.45, 2.75) is 18.9 Å². The third-order valence-corrected chi connectivity index (χ3v) is 5.91. The summed E-state index contributed by atoms with van der Waals surface area (Å²) >= 11 is 0. The Morgan fingerprint density at radius 1 is 1.10 bits per heavy atom. The zero-order valence-electron chi connectivity index (χ0n) is 12.8. The van der Waals surface area contributed by atoms with Crippen LogP contribution in [0.4, 0.5) is 5.69 Å². The molecule has 0 bridgehead atoms. The SMILES string of the molecule is CO[Si](CCCN)(OC)OCCCNc1ccccc1.Cl. The highest BCUT2D eigenvalue weighted by molar-refractivity contribution is 6.60. The fourth-order valence-corrected chi connectivity index (χ4v) is 3.93. The summed E-state index contributed by atoms with van der Waals surface area (Å²) in [5.74, 6) is 0. The molecule has 0 aromatic heterocycles. The highest BCUT2D eigenvalue weighted by atomic mass is 35.5. The van der Waals surface area contributed by atoms with Crippen LogP contribution in [0.2, 0.25) is 6.04 Å². The van der Waals surface area contributed by atoms with Crippen molar-refractivity contribution in [3.63, 3.8) is 0 Å². The lowest BCUT2D eigenvalue weighted by molar-refractivity contribution is 0.0976. The molecular weight excluding hydrogens is 308 g/mol. The van der Waals surface area contributed by atoms with Crippen molar-refractivity contribution in [1.82, 2.24) is 0 Å². The Balaban J connectivity index is 0.00000400. The molecule has 0 aliphatic carbocycles. The predicted octanol–water partition coefficient (Wildman–Crippen LogP) is 2.51. The van der Waals surface area contributed by atoms with E-state index < -0.39 is 8.80 Å². The van der Waals surface area contributed by atoms with Gasteiger partial charge < -0.3 is 24.3 Å². The maximum absolute atomic E-state index is 5.87. The van der Waals surface area contributed by atoms with E-state index in [0.29, 0.717) is 13.2 Å². The number of halogens is 1. The second-order valence-electron chi connectivity index (χ2n) is 4.48. The molecular formula is C14H27ClN2O3Si. The first-order valence-corrected chi connectivity index (χ1v) is 8.93. The minimum atomic E-state index is -2.50. The molecule has 5 nitrogen and oxygen atoms in total. The van der Waals surface area contributed by atoms with Gasteiger partial charge in [-0.2, -0.15) is 0 Å². The van der Waals surface area contributed by atoms with E-state index in [9.17, 15) is 0 Å². The van der Waals surface area contributed by atoms with Crippen LogP contribution in [0.1, 0.15) is 12.8 Å². The lowest BCUT2D eigenvalue weighted by Gasteiger charge is -2.26. The number of rotatable bonds is 11. The van der Waals surface area contributed by atoms with Crippen LogP contribution in [0.25, 0.3) is 0 Å². The molecule has 0 fully saturated rings. The maximum Gasteiger partial charge on any atom is 0.500 e. The largest absolute Gasteiger partial charge is 0.500 e. The molecule has 0 unspecified atom stereocenters. The Morgan fingerprint density at radius 2 is 1.76 bits per heavy atom. The van der Waals surface area contributed by atoms with Crippen molar-refractivity contribution in [2.75, 3.05) is 39.2 Å². The van der Waals surface area contributed by atoms with Gasteiger partial charge in [-0.1, -0.05) is 18.2 Å². The monoisotopic (exact) mass is 334 g/mol. The first kappa shape index (κ1) is 20.4. The molecule has 1 aromatic rings. The maximum atomic E-state index is 5.87. The van der Waals surface area contributed by atoms with Crippen molar-refractivity contribution >= 4 is 26.9 Å². The van der Waals surface area contributed by atoms with Gasteiger partial charge in [-0.05, 0) is 31.5 Å². The second-order valence-corrected chi connectivity index (χ2v) is 7.45. The van der Waals surface area contributed by atoms with Crippen molar-refractivity contribution < 1.29 is 13.3 Å². The predicted molar refractivity (Wildman–Crippen MR) is 91.0 cm³/mol. The van der Waals surface area contributed by atoms with Gasteiger partial charge in [0.25, 0.3) is 0 Å². The zero-order chi connectivity index (χ0) is 14.7. The first-order chi connectivity index (χ1) is 9.76.